The fraction of sp³-hybridized carbons (Fsp3) is 0. The van der Waals surface area contributed by atoms with E-state index in [1.54, 1.807) is 36.4 Å². The molecule has 0 radical (unpaired) electrons. The number of anilines is 1. The minimum atomic E-state index is -0.421. The van der Waals surface area contributed by atoms with Gasteiger partial charge < -0.3 is 10.5 Å². The zero-order valence-corrected chi connectivity index (χ0v) is 9.04. The summed E-state index contributed by atoms with van der Waals surface area (Å²) in [7, 11) is 0. The molecule has 0 heterocycles. The average Bonchev–Trinajstić information content (AvgIpc) is 2.27. The first-order valence-corrected chi connectivity index (χ1v) is 5.02. The Kier molecular flexibility index (Phi) is 2.97. The van der Waals surface area contributed by atoms with Crippen LogP contribution in [0.1, 0.15) is 0 Å². The first-order chi connectivity index (χ1) is 7.66. The molecule has 2 rings (SSSR count). The Morgan fingerprint density at radius 1 is 1.12 bits per heavy atom. The molecule has 0 aliphatic carbocycles. The van der Waals surface area contributed by atoms with E-state index in [2.05, 4.69) is 0 Å². The highest BCUT2D eigenvalue weighted by Crippen LogP contribution is 2.29. The molecule has 0 aliphatic heterocycles. The maximum atomic E-state index is 13.3. The third-order valence-corrected chi connectivity index (χ3v) is 2.36. The summed E-state index contributed by atoms with van der Waals surface area (Å²) in [5.41, 5.74) is 6.01. The fourth-order valence-electron chi connectivity index (χ4n) is 1.23. The standard InChI is InChI=1S/C12H9ClFNO/c13-9-7-8(5-6-11(9)15)16-12-4-2-1-3-10(12)14/h1-7H,15H2. The second kappa shape index (κ2) is 4.41. The van der Waals surface area contributed by atoms with Crippen LogP contribution in [0.15, 0.2) is 42.5 Å². The predicted octanol–water partition coefficient (Wildman–Crippen LogP) is 3.85. The van der Waals surface area contributed by atoms with E-state index in [-0.39, 0.29) is 5.75 Å². The summed E-state index contributed by atoms with van der Waals surface area (Å²) < 4.78 is 18.6. The van der Waals surface area contributed by atoms with Crippen molar-refractivity contribution >= 4 is 17.3 Å². The number of benzene rings is 2. The van der Waals surface area contributed by atoms with Crippen molar-refractivity contribution in [1.29, 1.82) is 0 Å². The molecule has 0 atom stereocenters. The molecule has 2 aromatic rings. The molecule has 2 N–H and O–H groups in total. The van der Waals surface area contributed by atoms with Gasteiger partial charge in [-0.3, -0.25) is 0 Å². The van der Waals surface area contributed by atoms with Crippen molar-refractivity contribution in [3.05, 3.63) is 53.3 Å². The molecule has 0 saturated carbocycles. The van der Waals surface area contributed by atoms with Gasteiger partial charge in [-0.25, -0.2) is 4.39 Å². The summed E-state index contributed by atoms with van der Waals surface area (Å²) in [6, 6.07) is 10.9. The van der Waals surface area contributed by atoms with Crippen molar-refractivity contribution in [2.45, 2.75) is 0 Å². The molecule has 0 fully saturated rings. The number of nitrogen functional groups attached to an aromatic ring is 1. The predicted molar refractivity (Wildman–Crippen MR) is 62.3 cm³/mol. The summed E-state index contributed by atoms with van der Waals surface area (Å²) in [4.78, 5) is 0. The van der Waals surface area contributed by atoms with Crippen LogP contribution in [-0.4, -0.2) is 0 Å². The van der Waals surface area contributed by atoms with Crippen LogP contribution in [0.5, 0.6) is 11.5 Å². The Hall–Kier alpha value is -1.74. The van der Waals surface area contributed by atoms with Gasteiger partial charge in [0.15, 0.2) is 11.6 Å². The van der Waals surface area contributed by atoms with E-state index in [4.69, 9.17) is 22.1 Å². The van der Waals surface area contributed by atoms with Crippen molar-refractivity contribution in [3.8, 4) is 11.5 Å². The number of ether oxygens (including phenoxy) is 1. The van der Waals surface area contributed by atoms with Crippen LogP contribution < -0.4 is 10.5 Å². The van der Waals surface area contributed by atoms with Crippen molar-refractivity contribution in [1.82, 2.24) is 0 Å². The number of halogens is 2. The van der Waals surface area contributed by atoms with Gasteiger partial charge in [0.2, 0.25) is 0 Å². The molecular formula is C12H9ClFNO. The Balaban J connectivity index is 2.28. The van der Waals surface area contributed by atoms with Crippen molar-refractivity contribution in [2.24, 2.45) is 0 Å². The average molecular weight is 238 g/mol. The number of nitrogens with two attached hydrogens (primary N) is 1. The number of rotatable bonds is 2. The lowest BCUT2D eigenvalue weighted by atomic mass is 10.3. The minimum Gasteiger partial charge on any atom is -0.454 e. The van der Waals surface area contributed by atoms with Gasteiger partial charge in [0, 0.05) is 6.07 Å². The van der Waals surface area contributed by atoms with Crippen LogP contribution >= 0.6 is 11.6 Å². The number of hydrogen-bond acceptors (Lipinski definition) is 2. The third-order valence-electron chi connectivity index (χ3n) is 2.04. The lowest BCUT2D eigenvalue weighted by Gasteiger charge is -2.07. The van der Waals surface area contributed by atoms with Gasteiger partial charge in [-0.2, -0.15) is 0 Å². The van der Waals surface area contributed by atoms with Crippen molar-refractivity contribution in [2.75, 3.05) is 5.73 Å². The monoisotopic (exact) mass is 237 g/mol. The molecule has 0 saturated heterocycles. The molecule has 0 aliphatic rings. The maximum absolute atomic E-state index is 13.3. The number of hydrogen-bond donors (Lipinski definition) is 1. The van der Waals surface area contributed by atoms with E-state index in [1.165, 1.54) is 6.07 Å². The summed E-state index contributed by atoms with van der Waals surface area (Å²) in [5.74, 6) is 0.183. The molecule has 0 bridgehead atoms. The quantitative estimate of drug-likeness (QED) is 0.805. The van der Waals surface area contributed by atoms with Gasteiger partial charge in [0.25, 0.3) is 0 Å². The van der Waals surface area contributed by atoms with Gasteiger partial charge in [-0.15, -0.1) is 0 Å². The lowest BCUT2D eigenvalue weighted by molar-refractivity contribution is 0.442. The minimum absolute atomic E-state index is 0.156. The van der Waals surface area contributed by atoms with Crippen LogP contribution in [0.25, 0.3) is 0 Å². The van der Waals surface area contributed by atoms with Gasteiger partial charge in [0.1, 0.15) is 5.75 Å². The molecular weight excluding hydrogens is 229 g/mol. The van der Waals surface area contributed by atoms with Gasteiger partial charge >= 0.3 is 0 Å². The normalized spacial score (nSPS) is 10.1. The zero-order valence-electron chi connectivity index (χ0n) is 8.28. The van der Waals surface area contributed by atoms with Crippen LogP contribution in [-0.2, 0) is 0 Å². The SMILES string of the molecule is Nc1ccc(Oc2ccccc2F)cc1Cl. The molecule has 0 spiro atoms. The Labute approximate surface area is 97.4 Å². The van der Waals surface area contributed by atoms with Crippen LogP contribution in [0.2, 0.25) is 5.02 Å². The van der Waals surface area contributed by atoms with Gasteiger partial charge in [0.05, 0.1) is 10.7 Å². The highest BCUT2D eigenvalue weighted by Gasteiger charge is 2.04. The first-order valence-electron chi connectivity index (χ1n) is 4.64. The Morgan fingerprint density at radius 3 is 2.56 bits per heavy atom. The zero-order chi connectivity index (χ0) is 11.5. The molecule has 2 aromatic carbocycles. The lowest BCUT2D eigenvalue weighted by Crippen LogP contribution is -1.90. The molecule has 4 heteroatoms. The van der Waals surface area contributed by atoms with Crippen LogP contribution in [0.4, 0.5) is 10.1 Å². The largest absolute Gasteiger partial charge is 0.454 e. The topological polar surface area (TPSA) is 35.2 Å². The molecule has 16 heavy (non-hydrogen) atoms. The van der Waals surface area contributed by atoms with Gasteiger partial charge in [-0.1, -0.05) is 23.7 Å². The highest BCUT2D eigenvalue weighted by atomic mass is 35.5. The summed E-state index contributed by atoms with van der Waals surface area (Å²) in [6.07, 6.45) is 0. The van der Waals surface area contributed by atoms with Gasteiger partial charge in [-0.05, 0) is 24.3 Å². The fourth-order valence-corrected chi connectivity index (χ4v) is 1.40. The highest BCUT2D eigenvalue weighted by molar-refractivity contribution is 6.33. The molecule has 0 aromatic heterocycles. The van der Waals surface area contributed by atoms with E-state index >= 15 is 0 Å². The first kappa shape index (κ1) is 10.8. The summed E-state index contributed by atoms with van der Waals surface area (Å²) in [6.45, 7) is 0. The Bertz CT molecular complexity index is 516. The molecule has 0 amide bonds. The second-order valence-electron chi connectivity index (χ2n) is 3.22. The van der Waals surface area contributed by atoms with Crippen molar-refractivity contribution in [3.63, 3.8) is 0 Å². The van der Waals surface area contributed by atoms with E-state index < -0.39 is 5.82 Å². The smallest absolute Gasteiger partial charge is 0.165 e. The van der Waals surface area contributed by atoms with E-state index in [9.17, 15) is 4.39 Å². The summed E-state index contributed by atoms with van der Waals surface area (Å²) in [5, 5.41) is 0.383. The number of para-hydroxylation sites is 1. The third kappa shape index (κ3) is 2.25. The van der Waals surface area contributed by atoms with Crippen molar-refractivity contribution < 1.29 is 9.13 Å². The molecule has 0 unspecified atom stereocenters. The Morgan fingerprint density at radius 2 is 1.88 bits per heavy atom. The van der Waals surface area contributed by atoms with E-state index in [1.807, 2.05) is 0 Å². The molecule has 2 nitrogen and oxygen atoms in total. The summed E-state index contributed by atoms with van der Waals surface area (Å²) >= 11 is 5.82. The second-order valence-corrected chi connectivity index (χ2v) is 3.62. The van der Waals surface area contributed by atoms with Crippen LogP contribution in [0, 0.1) is 5.82 Å². The molecule has 82 valence electrons. The maximum Gasteiger partial charge on any atom is 0.165 e. The van der Waals surface area contributed by atoms with E-state index in [0.29, 0.717) is 16.5 Å². The van der Waals surface area contributed by atoms with Crippen LogP contribution in [0.3, 0.4) is 0 Å². The van der Waals surface area contributed by atoms with E-state index in [0.717, 1.165) is 0 Å².